The maximum absolute atomic E-state index is 13.3. The van der Waals surface area contributed by atoms with E-state index in [1.54, 1.807) is 12.1 Å². The maximum atomic E-state index is 13.3. The zero-order valence-electron chi connectivity index (χ0n) is 14.9. The topological polar surface area (TPSA) is 48.0 Å². The lowest BCUT2D eigenvalue weighted by molar-refractivity contribution is 0.1000. The minimum Gasteiger partial charge on any atom is -0.366 e. The van der Waals surface area contributed by atoms with E-state index in [-0.39, 0.29) is 5.82 Å². The molecular formula is C20H27FN2O. The molecule has 1 aromatic carbocycles. The van der Waals surface area contributed by atoms with Gasteiger partial charge in [-0.2, -0.15) is 0 Å². The van der Waals surface area contributed by atoms with Gasteiger partial charge in [-0.25, -0.2) is 4.39 Å². The molecule has 0 saturated carbocycles. The minimum atomic E-state index is -0.417. The van der Waals surface area contributed by atoms with Crippen LogP contribution in [-0.4, -0.2) is 10.5 Å². The molecule has 0 aliphatic carbocycles. The van der Waals surface area contributed by atoms with Crippen molar-refractivity contribution in [2.24, 2.45) is 5.73 Å². The van der Waals surface area contributed by atoms with Crippen molar-refractivity contribution in [1.29, 1.82) is 0 Å². The van der Waals surface area contributed by atoms with Gasteiger partial charge in [0.15, 0.2) is 0 Å². The first-order valence-corrected chi connectivity index (χ1v) is 8.78. The molecule has 4 heteroatoms. The van der Waals surface area contributed by atoms with E-state index in [0.717, 1.165) is 61.2 Å². The summed E-state index contributed by atoms with van der Waals surface area (Å²) < 4.78 is 15.6. The fourth-order valence-corrected chi connectivity index (χ4v) is 3.25. The number of benzene rings is 1. The fourth-order valence-electron chi connectivity index (χ4n) is 3.25. The number of aromatic nitrogens is 1. The molecule has 0 saturated heterocycles. The van der Waals surface area contributed by atoms with Crippen LogP contribution in [-0.2, 0) is 13.0 Å². The van der Waals surface area contributed by atoms with Crippen molar-refractivity contribution < 1.29 is 9.18 Å². The average molecular weight is 330 g/mol. The Morgan fingerprint density at radius 3 is 2.29 bits per heavy atom. The number of hydrogen-bond donors (Lipinski definition) is 1. The lowest BCUT2D eigenvalue weighted by Crippen LogP contribution is -2.13. The molecule has 2 rings (SSSR count). The molecule has 3 nitrogen and oxygen atoms in total. The van der Waals surface area contributed by atoms with Gasteiger partial charge in [0.2, 0.25) is 0 Å². The van der Waals surface area contributed by atoms with Gasteiger partial charge >= 0.3 is 0 Å². The summed E-state index contributed by atoms with van der Waals surface area (Å²) in [7, 11) is 0. The van der Waals surface area contributed by atoms with Crippen LogP contribution in [0, 0.1) is 12.7 Å². The Morgan fingerprint density at radius 2 is 1.75 bits per heavy atom. The molecule has 1 heterocycles. The highest BCUT2D eigenvalue weighted by molar-refractivity contribution is 6.02. The Kier molecular flexibility index (Phi) is 6.18. The first-order chi connectivity index (χ1) is 11.5. The van der Waals surface area contributed by atoms with Crippen LogP contribution >= 0.6 is 0 Å². The molecule has 130 valence electrons. The normalized spacial score (nSPS) is 11.0. The Bertz CT molecular complexity index is 701. The van der Waals surface area contributed by atoms with E-state index in [1.807, 2.05) is 6.92 Å². The molecule has 0 bridgehead atoms. The minimum absolute atomic E-state index is 0.281. The van der Waals surface area contributed by atoms with Crippen LogP contribution in [0.25, 0.3) is 11.1 Å². The summed E-state index contributed by atoms with van der Waals surface area (Å²) in [5, 5.41) is 0. The SMILES string of the molecule is CCCCc1c(-c2ccc(F)cc2)c(C(N)=O)c(C)n1CCCC. The third-order valence-corrected chi connectivity index (χ3v) is 4.51. The second-order valence-electron chi connectivity index (χ2n) is 6.26. The van der Waals surface area contributed by atoms with Gasteiger partial charge in [-0.05, 0) is 43.9 Å². The average Bonchev–Trinajstić information content (AvgIpc) is 2.83. The predicted molar refractivity (Wildman–Crippen MR) is 96.6 cm³/mol. The van der Waals surface area contributed by atoms with E-state index < -0.39 is 5.91 Å². The molecule has 0 unspecified atom stereocenters. The van der Waals surface area contributed by atoms with Gasteiger partial charge in [0.25, 0.3) is 5.91 Å². The molecule has 2 aromatic rings. The number of rotatable bonds is 8. The summed E-state index contributed by atoms with van der Waals surface area (Å²) in [4.78, 5) is 12.1. The van der Waals surface area contributed by atoms with Crippen molar-refractivity contribution >= 4 is 5.91 Å². The molecule has 1 aromatic heterocycles. The molecular weight excluding hydrogens is 303 g/mol. The van der Waals surface area contributed by atoms with Gasteiger partial charge in [0.05, 0.1) is 5.56 Å². The zero-order chi connectivity index (χ0) is 17.7. The van der Waals surface area contributed by atoms with E-state index in [1.165, 1.54) is 12.1 Å². The number of nitrogens with zero attached hydrogens (tertiary/aromatic N) is 1. The van der Waals surface area contributed by atoms with Gasteiger partial charge in [-0.15, -0.1) is 0 Å². The summed E-state index contributed by atoms with van der Waals surface area (Å²) >= 11 is 0. The van der Waals surface area contributed by atoms with E-state index in [4.69, 9.17) is 5.73 Å². The quantitative estimate of drug-likeness (QED) is 0.739. The van der Waals surface area contributed by atoms with Crippen LogP contribution in [0.2, 0.25) is 0 Å². The summed E-state index contributed by atoms with van der Waals surface area (Å²) in [5.41, 5.74) is 10.1. The highest BCUT2D eigenvalue weighted by Gasteiger charge is 2.24. The van der Waals surface area contributed by atoms with E-state index >= 15 is 0 Å². The Hall–Kier alpha value is -2.10. The van der Waals surface area contributed by atoms with E-state index in [2.05, 4.69) is 18.4 Å². The molecule has 0 atom stereocenters. The standard InChI is InChI=1S/C20H27FN2O/c1-4-6-8-17-19(15-9-11-16(21)12-10-15)18(20(22)24)14(3)23(17)13-7-5-2/h9-12H,4-8,13H2,1-3H3,(H2,22,24). The maximum Gasteiger partial charge on any atom is 0.251 e. The van der Waals surface area contributed by atoms with E-state index in [9.17, 15) is 9.18 Å². The largest absolute Gasteiger partial charge is 0.366 e. The number of primary amides is 1. The number of amides is 1. The first kappa shape index (κ1) is 18.2. The molecule has 1 amide bonds. The Balaban J connectivity index is 2.67. The number of nitrogens with two attached hydrogens (primary N) is 1. The summed E-state index contributed by atoms with van der Waals surface area (Å²) in [6.45, 7) is 7.14. The lowest BCUT2D eigenvalue weighted by Gasteiger charge is -2.12. The molecule has 0 aliphatic heterocycles. The molecule has 2 N–H and O–H groups in total. The van der Waals surface area contributed by atoms with Crippen LogP contribution in [0.5, 0.6) is 0 Å². The summed E-state index contributed by atoms with van der Waals surface area (Å²) in [6.07, 6.45) is 5.15. The van der Waals surface area contributed by atoms with Crippen molar-refractivity contribution in [3.05, 3.63) is 47.0 Å². The van der Waals surface area contributed by atoms with Gasteiger partial charge in [0, 0.05) is 23.5 Å². The fraction of sp³-hybridized carbons (Fsp3) is 0.450. The van der Waals surface area contributed by atoms with Crippen LogP contribution in [0.15, 0.2) is 24.3 Å². The van der Waals surface area contributed by atoms with Crippen molar-refractivity contribution in [2.45, 2.75) is 59.4 Å². The number of unbranched alkanes of at least 4 members (excludes halogenated alkanes) is 2. The third-order valence-electron chi connectivity index (χ3n) is 4.51. The zero-order valence-corrected chi connectivity index (χ0v) is 14.9. The number of halogens is 1. The second-order valence-corrected chi connectivity index (χ2v) is 6.26. The van der Waals surface area contributed by atoms with Gasteiger partial charge in [-0.3, -0.25) is 4.79 Å². The summed E-state index contributed by atoms with van der Waals surface area (Å²) in [6, 6.07) is 6.33. The van der Waals surface area contributed by atoms with Crippen molar-refractivity contribution in [2.75, 3.05) is 0 Å². The Morgan fingerprint density at radius 1 is 1.12 bits per heavy atom. The number of carbonyl (C=O) groups is 1. The van der Waals surface area contributed by atoms with Gasteiger partial charge in [0.1, 0.15) is 5.82 Å². The third kappa shape index (κ3) is 3.69. The molecule has 24 heavy (non-hydrogen) atoms. The lowest BCUT2D eigenvalue weighted by atomic mass is 9.97. The predicted octanol–water partition coefficient (Wildman–Crippen LogP) is 4.84. The smallest absolute Gasteiger partial charge is 0.251 e. The molecule has 0 spiro atoms. The molecule has 0 radical (unpaired) electrons. The van der Waals surface area contributed by atoms with Gasteiger partial charge < -0.3 is 10.3 Å². The second kappa shape index (κ2) is 8.13. The van der Waals surface area contributed by atoms with E-state index in [0.29, 0.717) is 5.56 Å². The Labute approximate surface area is 143 Å². The van der Waals surface area contributed by atoms with Crippen LogP contribution in [0.4, 0.5) is 4.39 Å². The van der Waals surface area contributed by atoms with Crippen LogP contribution < -0.4 is 5.73 Å². The molecule has 0 fully saturated rings. The number of hydrogen-bond acceptors (Lipinski definition) is 1. The molecule has 0 aliphatic rings. The monoisotopic (exact) mass is 330 g/mol. The number of carbonyl (C=O) groups excluding carboxylic acids is 1. The van der Waals surface area contributed by atoms with Crippen molar-refractivity contribution in [3.8, 4) is 11.1 Å². The first-order valence-electron chi connectivity index (χ1n) is 8.78. The van der Waals surface area contributed by atoms with Crippen LogP contribution in [0.3, 0.4) is 0 Å². The van der Waals surface area contributed by atoms with Crippen molar-refractivity contribution in [3.63, 3.8) is 0 Å². The van der Waals surface area contributed by atoms with Crippen molar-refractivity contribution in [1.82, 2.24) is 4.57 Å². The summed E-state index contributed by atoms with van der Waals surface area (Å²) in [5.74, 6) is -0.698. The van der Waals surface area contributed by atoms with Gasteiger partial charge in [-0.1, -0.05) is 38.8 Å². The highest BCUT2D eigenvalue weighted by atomic mass is 19.1. The van der Waals surface area contributed by atoms with Crippen LogP contribution in [0.1, 0.15) is 61.3 Å². The highest BCUT2D eigenvalue weighted by Crippen LogP contribution is 2.34.